The van der Waals surface area contributed by atoms with Gasteiger partial charge in [0.2, 0.25) is 0 Å². The van der Waals surface area contributed by atoms with E-state index in [1.807, 2.05) is 49.5 Å². The molecule has 5 heteroatoms. The summed E-state index contributed by atoms with van der Waals surface area (Å²) in [5, 5.41) is 3.10. The summed E-state index contributed by atoms with van der Waals surface area (Å²) in [4.78, 5) is 31.8. The van der Waals surface area contributed by atoms with Crippen LogP contribution in [0.3, 0.4) is 0 Å². The third kappa shape index (κ3) is 6.27. The highest BCUT2D eigenvalue weighted by Crippen LogP contribution is 2.33. The molecule has 1 saturated carbocycles. The molecule has 0 bridgehead atoms. The van der Waals surface area contributed by atoms with Crippen LogP contribution >= 0.6 is 0 Å². The van der Waals surface area contributed by atoms with Gasteiger partial charge in [0.15, 0.2) is 0 Å². The van der Waals surface area contributed by atoms with Gasteiger partial charge in [0, 0.05) is 54.8 Å². The van der Waals surface area contributed by atoms with E-state index in [1.54, 1.807) is 19.0 Å². The highest BCUT2D eigenvalue weighted by atomic mass is 16.2. The minimum atomic E-state index is -0.105. The summed E-state index contributed by atoms with van der Waals surface area (Å²) in [6.45, 7) is 9.21. The molecule has 5 nitrogen and oxygen atoms in total. The van der Waals surface area contributed by atoms with Crippen molar-refractivity contribution in [2.24, 2.45) is 5.92 Å². The van der Waals surface area contributed by atoms with Gasteiger partial charge < -0.3 is 10.2 Å². The van der Waals surface area contributed by atoms with E-state index < -0.39 is 0 Å². The zero-order valence-electron chi connectivity index (χ0n) is 23.0. The Hall–Kier alpha value is -3.47. The van der Waals surface area contributed by atoms with Gasteiger partial charge in [0.05, 0.1) is 0 Å². The van der Waals surface area contributed by atoms with Gasteiger partial charge in [0.1, 0.15) is 0 Å². The van der Waals surface area contributed by atoms with E-state index in [2.05, 4.69) is 43.2 Å². The van der Waals surface area contributed by atoms with Gasteiger partial charge in [-0.1, -0.05) is 51.8 Å². The Morgan fingerprint density at radius 3 is 2.22 bits per heavy atom. The molecule has 37 heavy (non-hydrogen) atoms. The highest BCUT2D eigenvalue weighted by Gasteiger charge is 2.20. The maximum Gasteiger partial charge on any atom is 0.253 e. The Bertz CT molecular complexity index is 1280. The first-order valence-corrected chi connectivity index (χ1v) is 13.3. The van der Waals surface area contributed by atoms with E-state index in [1.165, 1.54) is 25.7 Å². The molecule has 0 radical (unpaired) electrons. The predicted molar refractivity (Wildman–Crippen MR) is 151 cm³/mol. The van der Waals surface area contributed by atoms with Gasteiger partial charge >= 0.3 is 0 Å². The standard InChI is InChI=1S/C32H39N3O2/c1-21-29(23-11-13-24(14-12-23)30(36)34-19-22-9-7-8-10-22)18-27(20-33-21)25-15-26(31(37)35(5)6)17-28(16-25)32(2,3)4/h11-18,20,22H,7-10,19H2,1-6H3,(H,34,36). The number of amides is 2. The Morgan fingerprint density at radius 2 is 1.59 bits per heavy atom. The molecule has 1 aliphatic rings. The molecule has 0 unspecified atom stereocenters. The van der Waals surface area contributed by atoms with Crippen LogP contribution in [0.1, 0.15) is 78.4 Å². The lowest BCUT2D eigenvalue weighted by molar-refractivity contribution is 0.0827. The molecule has 4 rings (SSSR count). The number of nitrogens with one attached hydrogen (secondary N) is 1. The lowest BCUT2D eigenvalue weighted by Gasteiger charge is -2.22. The van der Waals surface area contributed by atoms with Crippen molar-refractivity contribution in [3.63, 3.8) is 0 Å². The van der Waals surface area contributed by atoms with Gasteiger partial charge in [-0.05, 0) is 78.1 Å². The molecule has 1 aliphatic carbocycles. The minimum absolute atomic E-state index is 0.0147. The molecule has 2 aromatic carbocycles. The van der Waals surface area contributed by atoms with Crippen LogP contribution in [0.2, 0.25) is 0 Å². The van der Waals surface area contributed by atoms with E-state index in [0.29, 0.717) is 17.0 Å². The molecular weight excluding hydrogens is 458 g/mol. The molecule has 1 aromatic heterocycles. The number of carbonyl (C=O) groups is 2. The van der Waals surface area contributed by atoms with Crippen LogP contribution in [0.25, 0.3) is 22.3 Å². The average Bonchev–Trinajstić information content (AvgIpc) is 3.40. The maximum absolute atomic E-state index is 12.8. The molecule has 1 fully saturated rings. The van der Waals surface area contributed by atoms with Gasteiger partial charge in [0.25, 0.3) is 11.8 Å². The summed E-state index contributed by atoms with van der Waals surface area (Å²) >= 11 is 0. The number of aryl methyl sites for hydroxylation is 1. The smallest absolute Gasteiger partial charge is 0.253 e. The molecule has 1 heterocycles. The van der Waals surface area contributed by atoms with E-state index in [0.717, 1.165) is 40.1 Å². The van der Waals surface area contributed by atoms with Crippen molar-refractivity contribution in [1.29, 1.82) is 0 Å². The van der Waals surface area contributed by atoms with Crippen molar-refractivity contribution < 1.29 is 9.59 Å². The summed E-state index contributed by atoms with van der Waals surface area (Å²) in [5.41, 5.74) is 7.20. The number of hydrogen-bond donors (Lipinski definition) is 1. The van der Waals surface area contributed by atoms with E-state index in [4.69, 9.17) is 0 Å². The number of hydrogen-bond acceptors (Lipinski definition) is 3. The third-order valence-electron chi connectivity index (χ3n) is 7.36. The van der Waals surface area contributed by atoms with Crippen molar-refractivity contribution in [2.75, 3.05) is 20.6 Å². The first-order chi connectivity index (χ1) is 17.5. The van der Waals surface area contributed by atoms with Crippen LogP contribution in [-0.4, -0.2) is 42.3 Å². The third-order valence-corrected chi connectivity index (χ3v) is 7.36. The van der Waals surface area contributed by atoms with Gasteiger partial charge in [-0.15, -0.1) is 0 Å². The largest absolute Gasteiger partial charge is 0.352 e. The zero-order valence-corrected chi connectivity index (χ0v) is 23.0. The topological polar surface area (TPSA) is 62.3 Å². The molecule has 0 spiro atoms. The van der Waals surface area contributed by atoms with Crippen molar-refractivity contribution in [3.05, 3.63) is 77.1 Å². The SMILES string of the molecule is Cc1ncc(-c2cc(C(=O)N(C)C)cc(C(C)(C)C)c2)cc1-c1ccc(C(=O)NCC2CCCC2)cc1. The Labute approximate surface area is 221 Å². The predicted octanol–water partition coefficient (Wildman–Crippen LogP) is 6.64. The van der Waals surface area contributed by atoms with Crippen molar-refractivity contribution in [1.82, 2.24) is 15.2 Å². The van der Waals surface area contributed by atoms with Crippen LogP contribution in [-0.2, 0) is 5.41 Å². The second kappa shape index (κ2) is 10.9. The Balaban J connectivity index is 1.63. The molecule has 0 atom stereocenters. The fraction of sp³-hybridized carbons (Fsp3) is 0.406. The molecule has 0 saturated heterocycles. The summed E-state index contributed by atoms with van der Waals surface area (Å²) in [6, 6.07) is 16.0. The number of benzene rings is 2. The molecule has 0 aliphatic heterocycles. The minimum Gasteiger partial charge on any atom is -0.352 e. The monoisotopic (exact) mass is 497 g/mol. The summed E-state index contributed by atoms with van der Waals surface area (Å²) in [5.74, 6) is 0.582. The summed E-state index contributed by atoms with van der Waals surface area (Å²) < 4.78 is 0. The van der Waals surface area contributed by atoms with E-state index >= 15 is 0 Å². The number of pyridine rings is 1. The first kappa shape index (κ1) is 26.6. The molecule has 3 aromatic rings. The normalized spacial score (nSPS) is 14.0. The van der Waals surface area contributed by atoms with Gasteiger partial charge in [-0.25, -0.2) is 0 Å². The zero-order chi connectivity index (χ0) is 26.7. The van der Waals surface area contributed by atoms with Crippen molar-refractivity contribution in [2.45, 2.75) is 58.8 Å². The molecular formula is C32H39N3O2. The highest BCUT2D eigenvalue weighted by molar-refractivity contribution is 5.96. The van der Waals surface area contributed by atoms with Crippen LogP contribution in [0, 0.1) is 12.8 Å². The fourth-order valence-electron chi connectivity index (χ4n) is 4.95. The summed E-state index contributed by atoms with van der Waals surface area (Å²) in [6.07, 6.45) is 6.84. The fourth-order valence-corrected chi connectivity index (χ4v) is 4.95. The van der Waals surface area contributed by atoms with Crippen molar-refractivity contribution in [3.8, 4) is 22.3 Å². The van der Waals surface area contributed by atoms with Crippen LogP contribution in [0.4, 0.5) is 0 Å². The van der Waals surface area contributed by atoms with Gasteiger partial charge in [-0.3, -0.25) is 14.6 Å². The second-order valence-electron chi connectivity index (χ2n) is 11.5. The second-order valence-corrected chi connectivity index (χ2v) is 11.5. The van der Waals surface area contributed by atoms with E-state index in [-0.39, 0.29) is 17.2 Å². The Kier molecular flexibility index (Phi) is 7.82. The summed E-state index contributed by atoms with van der Waals surface area (Å²) in [7, 11) is 3.55. The molecule has 1 N–H and O–H groups in total. The molecule has 2 amide bonds. The van der Waals surface area contributed by atoms with Crippen LogP contribution < -0.4 is 5.32 Å². The molecule has 194 valence electrons. The number of aromatic nitrogens is 1. The quantitative estimate of drug-likeness (QED) is 0.415. The Morgan fingerprint density at radius 1 is 0.919 bits per heavy atom. The number of carbonyl (C=O) groups excluding carboxylic acids is 2. The van der Waals surface area contributed by atoms with Crippen molar-refractivity contribution >= 4 is 11.8 Å². The lowest BCUT2D eigenvalue weighted by atomic mass is 9.84. The lowest BCUT2D eigenvalue weighted by Crippen LogP contribution is -2.28. The maximum atomic E-state index is 12.8. The number of rotatable bonds is 6. The first-order valence-electron chi connectivity index (χ1n) is 13.3. The van der Waals surface area contributed by atoms with Crippen LogP contribution in [0.5, 0.6) is 0 Å². The van der Waals surface area contributed by atoms with E-state index in [9.17, 15) is 9.59 Å². The van der Waals surface area contributed by atoms with Crippen LogP contribution in [0.15, 0.2) is 54.7 Å². The average molecular weight is 498 g/mol. The number of nitrogens with zero attached hydrogens (tertiary/aromatic N) is 2. The van der Waals surface area contributed by atoms with Gasteiger partial charge in [-0.2, -0.15) is 0 Å².